The largest absolute Gasteiger partial charge is 0.441 e. The van der Waals surface area contributed by atoms with Gasteiger partial charge in [-0.3, -0.25) is 4.79 Å². The summed E-state index contributed by atoms with van der Waals surface area (Å²) in [5.74, 6) is -1.51. The summed E-state index contributed by atoms with van der Waals surface area (Å²) in [7, 11) is 0. The van der Waals surface area contributed by atoms with Crippen molar-refractivity contribution in [3.63, 3.8) is 0 Å². The number of benzene rings is 2. The minimum atomic E-state index is -0.740. The molecule has 1 heterocycles. The Kier molecular flexibility index (Phi) is 6.31. The smallest absolute Gasteiger partial charge is 0.220 e. The molecule has 146 valence electrons. The average molecular weight is 425 g/mol. The zero-order chi connectivity index (χ0) is 20.3. The van der Waals surface area contributed by atoms with Gasteiger partial charge < -0.3 is 9.73 Å². The van der Waals surface area contributed by atoms with Crippen molar-refractivity contribution in [1.29, 1.82) is 0 Å². The summed E-state index contributed by atoms with van der Waals surface area (Å²) >= 11 is 11.9. The predicted octanol–water partition coefficient (Wildman–Crippen LogP) is 5.74. The third-order valence-corrected chi connectivity index (χ3v) is 4.89. The molecule has 3 rings (SSSR count). The van der Waals surface area contributed by atoms with Crippen molar-refractivity contribution < 1.29 is 18.0 Å². The van der Waals surface area contributed by atoms with Gasteiger partial charge in [0, 0.05) is 12.8 Å². The van der Waals surface area contributed by atoms with E-state index in [-0.39, 0.29) is 42.0 Å². The Hall–Kier alpha value is -2.44. The Morgan fingerprint density at radius 3 is 2.57 bits per heavy atom. The van der Waals surface area contributed by atoms with E-state index in [4.69, 9.17) is 27.6 Å². The molecule has 0 aliphatic rings. The van der Waals surface area contributed by atoms with Crippen LogP contribution in [0, 0.1) is 11.6 Å². The molecule has 4 nitrogen and oxygen atoms in total. The molecule has 2 aromatic carbocycles. The number of carbonyl (C=O) groups excluding carboxylic acids is 1. The molecule has 0 saturated carbocycles. The van der Waals surface area contributed by atoms with Gasteiger partial charge in [0.25, 0.3) is 0 Å². The first-order chi connectivity index (χ1) is 13.3. The normalized spacial score (nSPS) is 12.0. The lowest BCUT2D eigenvalue weighted by molar-refractivity contribution is -0.121. The molecule has 0 aliphatic heterocycles. The number of carbonyl (C=O) groups is 1. The first-order valence-electron chi connectivity index (χ1n) is 8.48. The van der Waals surface area contributed by atoms with Crippen LogP contribution in [0.15, 0.2) is 47.0 Å². The van der Waals surface area contributed by atoms with Crippen molar-refractivity contribution >= 4 is 29.1 Å². The number of nitrogens with zero attached hydrogens (tertiary/aromatic N) is 1. The van der Waals surface area contributed by atoms with Gasteiger partial charge >= 0.3 is 0 Å². The van der Waals surface area contributed by atoms with Gasteiger partial charge in [-0.15, -0.1) is 0 Å². The molecular weight excluding hydrogens is 409 g/mol. The van der Waals surface area contributed by atoms with Gasteiger partial charge in [0.2, 0.25) is 5.91 Å². The lowest BCUT2D eigenvalue weighted by Crippen LogP contribution is -2.26. The van der Waals surface area contributed by atoms with Crippen LogP contribution in [0.5, 0.6) is 0 Å². The molecule has 0 unspecified atom stereocenters. The van der Waals surface area contributed by atoms with E-state index >= 15 is 0 Å². The van der Waals surface area contributed by atoms with Crippen LogP contribution >= 0.6 is 23.2 Å². The van der Waals surface area contributed by atoms with Gasteiger partial charge in [-0.2, -0.15) is 0 Å². The van der Waals surface area contributed by atoms with Gasteiger partial charge in [-0.05, 0) is 36.8 Å². The van der Waals surface area contributed by atoms with E-state index in [1.165, 1.54) is 12.3 Å². The predicted molar refractivity (Wildman–Crippen MR) is 103 cm³/mol. The maximum absolute atomic E-state index is 13.8. The second kappa shape index (κ2) is 8.71. The van der Waals surface area contributed by atoms with Crippen molar-refractivity contribution in [1.82, 2.24) is 10.3 Å². The molecule has 0 saturated heterocycles. The molecular formula is C20H16Cl2F2N2O2. The number of aryl methyl sites for hydroxylation is 1. The SMILES string of the molecule is C[C@H](NC(=O)CCc1ncc(-c2c(F)cccc2F)o1)c1ccc(Cl)c(Cl)c1. The van der Waals surface area contributed by atoms with E-state index in [0.29, 0.717) is 10.0 Å². The molecule has 0 spiro atoms. The number of aromatic nitrogens is 1. The van der Waals surface area contributed by atoms with Gasteiger partial charge in [0.05, 0.1) is 27.8 Å². The highest BCUT2D eigenvalue weighted by Crippen LogP contribution is 2.27. The number of halogens is 4. The summed E-state index contributed by atoms with van der Waals surface area (Å²) in [6, 6.07) is 8.41. The zero-order valence-corrected chi connectivity index (χ0v) is 16.3. The fourth-order valence-electron chi connectivity index (χ4n) is 2.67. The van der Waals surface area contributed by atoms with Gasteiger partial charge in [-0.1, -0.05) is 35.3 Å². The number of oxazole rings is 1. The summed E-state index contributed by atoms with van der Waals surface area (Å²) in [5, 5.41) is 3.69. The van der Waals surface area contributed by atoms with Gasteiger partial charge in [-0.25, -0.2) is 13.8 Å². The number of nitrogens with one attached hydrogen (secondary N) is 1. The van der Waals surface area contributed by atoms with E-state index in [0.717, 1.165) is 17.7 Å². The maximum atomic E-state index is 13.8. The van der Waals surface area contributed by atoms with Crippen molar-refractivity contribution in [2.45, 2.75) is 25.8 Å². The second-order valence-corrected chi connectivity index (χ2v) is 6.99. The van der Waals surface area contributed by atoms with Crippen LogP contribution in [0.4, 0.5) is 8.78 Å². The van der Waals surface area contributed by atoms with Crippen LogP contribution < -0.4 is 5.32 Å². The topological polar surface area (TPSA) is 55.1 Å². The monoisotopic (exact) mass is 424 g/mol. The van der Waals surface area contributed by atoms with Gasteiger partial charge in [0.1, 0.15) is 11.6 Å². The quantitative estimate of drug-likeness (QED) is 0.548. The van der Waals surface area contributed by atoms with E-state index in [1.807, 2.05) is 6.92 Å². The van der Waals surface area contributed by atoms with Crippen LogP contribution in [-0.4, -0.2) is 10.9 Å². The second-order valence-electron chi connectivity index (χ2n) is 6.18. The third-order valence-electron chi connectivity index (χ3n) is 4.15. The molecule has 1 N–H and O–H groups in total. The van der Waals surface area contributed by atoms with Crippen LogP contribution in [0.3, 0.4) is 0 Å². The summed E-state index contributed by atoms with van der Waals surface area (Å²) < 4.78 is 33.0. The standard InChI is InChI=1S/C20H16Cl2F2N2O2/c1-11(12-5-6-13(21)14(22)9-12)26-18(27)7-8-19-25-10-17(28-19)20-15(23)3-2-4-16(20)24/h2-6,9-11H,7-8H2,1H3,(H,26,27)/t11-/m0/s1. The third kappa shape index (κ3) is 4.69. The summed E-state index contributed by atoms with van der Waals surface area (Å²) in [5.41, 5.74) is 0.537. The molecule has 28 heavy (non-hydrogen) atoms. The minimum absolute atomic E-state index is 0.0183. The van der Waals surface area contributed by atoms with E-state index in [9.17, 15) is 13.6 Å². The molecule has 0 radical (unpaired) electrons. The number of rotatable bonds is 6. The lowest BCUT2D eigenvalue weighted by atomic mass is 10.1. The fraction of sp³-hybridized carbons (Fsp3) is 0.200. The highest BCUT2D eigenvalue weighted by molar-refractivity contribution is 6.42. The molecule has 1 aromatic heterocycles. The molecule has 0 aliphatic carbocycles. The number of hydrogen-bond acceptors (Lipinski definition) is 3. The Morgan fingerprint density at radius 1 is 1.18 bits per heavy atom. The highest BCUT2D eigenvalue weighted by Gasteiger charge is 2.17. The van der Waals surface area contributed by atoms with Crippen molar-refractivity contribution in [2.75, 3.05) is 0 Å². The first-order valence-corrected chi connectivity index (χ1v) is 9.24. The Bertz CT molecular complexity index is 987. The van der Waals surface area contributed by atoms with Crippen molar-refractivity contribution in [3.8, 4) is 11.3 Å². The summed E-state index contributed by atoms with van der Waals surface area (Å²) in [4.78, 5) is 16.2. The molecule has 0 fully saturated rings. The lowest BCUT2D eigenvalue weighted by Gasteiger charge is -2.14. The fourth-order valence-corrected chi connectivity index (χ4v) is 2.98. The molecule has 1 amide bonds. The Balaban J connectivity index is 1.59. The average Bonchev–Trinajstić information content (AvgIpc) is 3.10. The molecule has 1 atom stereocenters. The highest BCUT2D eigenvalue weighted by atomic mass is 35.5. The summed E-state index contributed by atoms with van der Waals surface area (Å²) in [6.07, 6.45) is 1.54. The molecule has 8 heteroatoms. The van der Waals surface area contributed by atoms with Gasteiger partial charge in [0.15, 0.2) is 11.7 Å². The summed E-state index contributed by atoms with van der Waals surface area (Å²) in [6.45, 7) is 1.82. The van der Waals surface area contributed by atoms with Crippen LogP contribution in [0.1, 0.15) is 30.8 Å². The Labute approximate surface area is 170 Å². The van der Waals surface area contributed by atoms with E-state index in [2.05, 4.69) is 10.3 Å². The molecule has 3 aromatic rings. The van der Waals surface area contributed by atoms with Crippen LogP contribution in [0.2, 0.25) is 10.0 Å². The number of hydrogen-bond donors (Lipinski definition) is 1. The first kappa shape index (κ1) is 20.3. The molecule has 0 bridgehead atoms. The van der Waals surface area contributed by atoms with E-state index < -0.39 is 11.6 Å². The van der Waals surface area contributed by atoms with Crippen molar-refractivity contribution in [2.24, 2.45) is 0 Å². The van der Waals surface area contributed by atoms with Crippen LogP contribution in [-0.2, 0) is 11.2 Å². The number of amides is 1. The van der Waals surface area contributed by atoms with Crippen LogP contribution in [0.25, 0.3) is 11.3 Å². The van der Waals surface area contributed by atoms with E-state index in [1.54, 1.807) is 18.2 Å². The Morgan fingerprint density at radius 2 is 1.89 bits per heavy atom. The minimum Gasteiger partial charge on any atom is -0.441 e. The van der Waals surface area contributed by atoms with Crippen molar-refractivity contribution in [3.05, 3.63) is 75.7 Å². The maximum Gasteiger partial charge on any atom is 0.220 e. The zero-order valence-electron chi connectivity index (χ0n) is 14.8.